The SMILES string of the molecule is CCCCCNC(=O)[C@@H]1CS[C@@H](C2CCCCC2)N1C(=O)c1ccccc1. The molecule has 0 aromatic heterocycles. The molecule has 1 saturated heterocycles. The van der Waals surface area contributed by atoms with Gasteiger partial charge in [0.05, 0.1) is 5.37 Å². The number of unbranched alkanes of at least 4 members (excludes halogenated alkanes) is 2. The molecule has 1 saturated carbocycles. The molecule has 0 unspecified atom stereocenters. The molecule has 1 aromatic carbocycles. The molecule has 2 amide bonds. The van der Waals surface area contributed by atoms with Crippen LogP contribution in [0.2, 0.25) is 0 Å². The van der Waals surface area contributed by atoms with E-state index in [1.807, 2.05) is 35.2 Å². The largest absolute Gasteiger partial charge is 0.354 e. The second-order valence-corrected chi connectivity index (χ2v) is 8.86. The maximum absolute atomic E-state index is 13.3. The fourth-order valence-electron chi connectivity index (χ4n) is 4.20. The zero-order chi connectivity index (χ0) is 19.1. The number of nitrogens with one attached hydrogen (secondary N) is 1. The number of benzene rings is 1. The van der Waals surface area contributed by atoms with Crippen LogP contribution in [-0.4, -0.2) is 40.4 Å². The summed E-state index contributed by atoms with van der Waals surface area (Å²) in [4.78, 5) is 28.1. The molecule has 1 aliphatic carbocycles. The fourth-order valence-corrected chi connectivity index (χ4v) is 5.84. The van der Waals surface area contributed by atoms with Gasteiger partial charge in [0.25, 0.3) is 5.91 Å². The Kier molecular flexibility index (Phi) is 7.62. The Morgan fingerprint density at radius 2 is 1.85 bits per heavy atom. The average molecular weight is 389 g/mol. The van der Waals surface area contributed by atoms with Crippen molar-refractivity contribution in [2.24, 2.45) is 5.92 Å². The number of amides is 2. The van der Waals surface area contributed by atoms with Gasteiger partial charge in [0.1, 0.15) is 6.04 Å². The van der Waals surface area contributed by atoms with Crippen molar-refractivity contribution < 1.29 is 9.59 Å². The van der Waals surface area contributed by atoms with E-state index in [1.54, 1.807) is 11.8 Å². The molecule has 3 rings (SSSR count). The number of carbonyl (C=O) groups is 2. The predicted molar refractivity (Wildman–Crippen MR) is 112 cm³/mol. The third-order valence-electron chi connectivity index (χ3n) is 5.73. The van der Waals surface area contributed by atoms with Crippen molar-refractivity contribution in [1.82, 2.24) is 10.2 Å². The molecule has 5 heteroatoms. The summed E-state index contributed by atoms with van der Waals surface area (Å²) < 4.78 is 0. The van der Waals surface area contributed by atoms with Crippen molar-refractivity contribution in [2.45, 2.75) is 69.7 Å². The maximum Gasteiger partial charge on any atom is 0.255 e. The van der Waals surface area contributed by atoms with E-state index in [2.05, 4.69) is 12.2 Å². The van der Waals surface area contributed by atoms with Crippen molar-refractivity contribution in [3.05, 3.63) is 35.9 Å². The number of hydrogen-bond donors (Lipinski definition) is 1. The molecular weight excluding hydrogens is 356 g/mol. The molecule has 27 heavy (non-hydrogen) atoms. The van der Waals surface area contributed by atoms with Crippen molar-refractivity contribution >= 4 is 23.6 Å². The van der Waals surface area contributed by atoms with Crippen LogP contribution in [0.1, 0.15) is 68.6 Å². The summed E-state index contributed by atoms with van der Waals surface area (Å²) in [5.74, 6) is 1.24. The molecule has 148 valence electrons. The molecule has 0 radical (unpaired) electrons. The minimum absolute atomic E-state index is 0.00452. The molecule has 1 aliphatic heterocycles. The van der Waals surface area contributed by atoms with Gasteiger partial charge in [-0.05, 0) is 37.3 Å². The van der Waals surface area contributed by atoms with Crippen LogP contribution in [0.25, 0.3) is 0 Å². The highest BCUT2D eigenvalue weighted by molar-refractivity contribution is 8.00. The minimum Gasteiger partial charge on any atom is -0.354 e. The number of nitrogens with zero attached hydrogens (tertiary/aromatic N) is 1. The highest BCUT2D eigenvalue weighted by Gasteiger charge is 2.44. The molecule has 2 aliphatic rings. The summed E-state index contributed by atoms with van der Waals surface area (Å²) >= 11 is 1.80. The molecule has 4 nitrogen and oxygen atoms in total. The Morgan fingerprint density at radius 3 is 2.56 bits per heavy atom. The summed E-state index contributed by atoms with van der Waals surface area (Å²) in [7, 11) is 0. The van der Waals surface area contributed by atoms with E-state index in [0.717, 1.165) is 19.3 Å². The Morgan fingerprint density at radius 1 is 1.11 bits per heavy atom. The number of hydrogen-bond acceptors (Lipinski definition) is 3. The lowest BCUT2D eigenvalue weighted by molar-refractivity contribution is -0.125. The first-order chi connectivity index (χ1) is 13.2. The van der Waals surface area contributed by atoms with Crippen molar-refractivity contribution in [3.63, 3.8) is 0 Å². The standard InChI is InChI=1S/C22H32N2O2S/c1-2-3-10-15-23-20(25)19-16-27-22(18-13-8-5-9-14-18)24(19)21(26)17-11-6-4-7-12-17/h4,6-7,11-12,18-19,22H,2-3,5,8-10,13-16H2,1H3,(H,23,25)/t19-,22-/m0/s1. The van der Waals surface area contributed by atoms with Gasteiger partial charge in [-0.25, -0.2) is 0 Å². The molecule has 1 heterocycles. The van der Waals surface area contributed by atoms with Crippen LogP contribution < -0.4 is 5.32 Å². The third kappa shape index (κ3) is 5.07. The van der Waals surface area contributed by atoms with E-state index >= 15 is 0 Å². The highest BCUT2D eigenvalue weighted by atomic mass is 32.2. The second-order valence-electron chi connectivity index (χ2n) is 7.71. The van der Waals surface area contributed by atoms with Crippen LogP contribution >= 0.6 is 11.8 Å². The average Bonchev–Trinajstić information content (AvgIpc) is 3.17. The van der Waals surface area contributed by atoms with Gasteiger partial charge < -0.3 is 10.2 Å². The number of carbonyl (C=O) groups excluding carboxylic acids is 2. The Labute approximate surface area is 167 Å². The third-order valence-corrected chi connectivity index (χ3v) is 7.19. The lowest BCUT2D eigenvalue weighted by atomic mass is 9.88. The first-order valence-corrected chi connectivity index (χ1v) is 11.5. The summed E-state index contributed by atoms with van der Waals surface area (Å²) in [6, 6.07) is 9.08. The fraction of sp³-hybridized carbons (Fsp3) is 0.636. The van der Waals surface area contributed by atoms with E-state index in [-0.39, 0.29) is 23.2 Å². The molecule has 1 aromatic rings. The quantitative estimate of drug-likeness (QED) is 0.702. The normalized spacial score (nSPS) is 23.4. The summed E-state index contributed by atoms with van der Waals surface area (Å²) in [5.41, 5.74) is 0.685. The van der Waals surface area contributed by atoms with Gasteiger partial charge in [-0.1, -0.05) is 57.2 Å². The van der Waals surface area contributed by atoms with Crippen LogP contribution in [0, 0.1) is 5.92 Å². The zero-order valence-corrected chi connectivity index (χ0v) is 17.2. The Balaban J connectivity index is 1.75. The van der Waals surface area contributed by atoms with Gasteiger partial charge in [-0.3, -0.25) is 9.59 Å². The monoisotopic (exact) mass is 388 g/mol. The summed E-state index contributed by atoms with van der Waals surface area (Å²) in [6.07, 6.45) is 9.37. The molecule has 2 fully saturated rings. The van der Waals surface area contributed by atoms with E-state index in [4.69, 9.17) is 0 Å². The summed E-state index contributed by atoms with van der Waals surface area (Å²) in [5, 5.41) is 3.20. The van der Waals surface area contributed by atoms with Crippen LogP contribution in [0.4, 0.5) is 0 Å². The Hall–Kier alpha value is -1.49. The van der Waals surface area contributed by atoms with E-state index in [0.29, 0.717) is 23.8 Å². The topological polar surface area (TPSA) is 49.4 Å². The number of rotatable bonds is 7. The van der Waals surface area contributed by atoms with Crippen LogP contribution in [0.3, 0.4) is 0 Å². The van der Waals surface area contributed by atoms with E-state index < -0.39 is 0 Å². The van der Waals surface area contributed by atoms with Crippen LogP contribution in [0.15, 0.2) is 30.3 Å². The second kappa shape index (κ2) is 10.2. The molecule has 0 bridgehead atoms. The smallest absolute Gasteiger partial charge is 0.255 e. The predicted octanol–water partition coefficient (Wildman–Crippen LogP) is 4.46. The van der Waals surface area contributed by atoms with Gasteiger partial charge in [0.2, 0.25) is 5.91 Å². The van der Waals surface area contributed by atoms with Crippen molar-refractivity contribution in [1.29, 1.82) is 0 Å². The highest BCUT2D eigenvalue weighted by Crippen LogP contribution is 2.41. The minimum atomic E-state index is -0.351. The first kappa shape index (κ1) is 20.2. The van der Waals surface area contributed by atoms with Gasteiger partial charge in [0.15, 0.2) is 0 Å². The van der Waals surface area contributed by atoms with Crippen LogP contribution in [0.5, 0.6) is 0 Å². The van der Waals surface area contributed by atoms with Crippen molar-refractivity contribution in [3.8, 4) is 0 Å². The summed E-state index contributed by atoms with van der Waals surface area (Å²) in [6.45, 7) is 2.86. The first-order valence-electron chi connectivity index (χ1n) is 10.5. The van der Waals surface area contributed by atoms with Gasteiger partial charge in [0, 0.05) is 17.9 Å². The molecule has 2 atom stereocenters. The lowest BCUT2D eigenvalue weighted by Gasteiger charge is -2.35. The Bertz CT molecular complexity index is 616. The van der Waals surface area contributed by atoms with Crippen molar-refractivity contribution in [2.75, 3.05) is 12.3 Å². The maximum atomic E-state index is 13.3. The van der Waals surface area contributed by atoms with Gasteiger partial charge >= 0.3 is 0 Å². The van der Waals surface area contributed by atoms with Gasteiger partial charge in [-0.15, -0.1) is 11.8 Å². The van der Waals surface area contributed by atoms with Crippen LogP contribution in [-0.2, 0) is 4.79 Å². The van der Waals surface area contributed by atoms with E-state index in [9.17, 15) is 9.59 Å². The molecule has 1 N–H and O–H groups in total. The molecular formula is C22H32N2O2S. The zero-order valence-electron chi connectivity index (χ0n) is 16.4. The number of thioether (sulfide) groups is 1. The molecule has 0 spiro atoms. The lowest BCUT2D eigenvalue weighted by Crippen LogP contribution is -2.51. The van der Waals surface area contributed by atoms with Gasteiger partial charge in [-0.2, -0.15) is 0 Å². The van der Waals surface area contributed by atoms with E-state index in [1.165, 1.54) is 32.1 Å².